The van der Waals surface area contributed by atoms with E-state index in [1.54, 1.807) is 6.92 Å². The van der Waals surface area contributed by atoms with Gasteiger partial charge in [-0.2, -0.15) is 18.3 Å². The summed E-state index contributed by atoms with van der Waals surface area (Å²) in [6, 6.07) is 1.45. The predicted molar refractivity (Wildman–Crippen MR) is 97.1 cm³/mol. The summed E-state index contributed by atoms with van der Waals surface area (Å²) in [5, 5.41) is 6.07. The summed E-state index contributed by atoms with van der Waals surface area (Å²) in [6.07, 6.45) is -2.19. The number of ether oxygens (including phenoxy) is 2. The van der Waals surface area contributed by atoms with E-state index in [0.29, 0.717) is 17.9 Å². The minimum atomic E-state index is -4.72. The molecule has 0 atom stereocenters. The standard InChI is InChI=1S/C16H15F3N6O3S/c1-4-25-8(5-6-22-25)10-11(16(17,18)19)23-15(29-10)24-12(26)9-13(27-2)20-7-21-14(9)28-3/h5-7H,4H2,1-3H3,(H,23,24,26). The minimum Gasteiger partial charge on any atom is -0.480 e. The molecule has 0 spiro atoms. The number of nitrogens with zero attached hydrogens (tertiary/aromatic N) is 5. The fourth-order valence-electron chi connectivity index (χ4n) is 2.53. The number of nitrogens with one attached hydrogen (secondary N) is 1. The summed E-state index contributed by atoms with van der Waals surface area (Å²) >= 11 is 0.677. The summed E-state index contributed by atoms with van der Waals surface area (Å²) in [7, 11) is 2.57. The predicted octanol–water partition coefficient (Wildman–Crippen LogP) is 3.10. The van der Waals surface area contributed by atoms with Crippen LogP contribution in [0, 0.1) is 0 Å². The van der Waals surface area contributed by atoms with Crippen LogP contribution < -0.4 is 14.8 Å². The Labute approximate surface area is 166 Å². The van der Waals surface area contributed by atoms with Gasteiger partial charge in [0.1, 0.15) is 6.33 Å². The van der Waals surface area contributed by atoms with Gasteiger partial charge in [0, 0.05) is 12.7 Å². The van der Waals surface area contributed by atoms with Gasteiger partial charge in [-0.15, -0.1) is 0 Å². The molecule has 3 rings (SSSR count). The number of methoxy groups -OCH3 is 2. The van der Waals surface area contributed by atoms with Crippen molar-refractivity contribution >= 4 is 22.4 Å². The number of halogens is 3. The molecule has 0 aliphatic heterocycles. The molecule has 3 aromatic rings. The molecule has 0 saturated heterocycles. The number of carbonyl (C=O) groups excluding carboxylic acids is 1. The highest BCUT2D eigenvalue weighted by Crippen LogP contribution is 2.42. The van der Waals surface area contributed by atoms with Crippen LogP contribution in [0.3, 0.4) is 0 Å². The van der Waals surface area contributed by atoms with Crippen LogP contribution in [0.5, 0.6) is 11.8 Å². The molecule has 13 heteroatoms. The Morgan fingerprint density at radius 3 is 2.45 bits per heavy atom. The number of aromatic nitrogens is 5. The second-order valence-electron chi connectivity index (χ2n) is 5.45. The van der Waals surface area contributed by atoms with E-state index >= 15 is 0 Å². The normalized spacial score (nSPS) is 11.4. The van der Waals surface area contributed by atoms with E-state index in [-0.39, 0.29) is 33.0 Å². The van der Waals surface area contributed by atoms with Crippen molar-refractivity contribution in [3.8, 4) is 22.3 Å². The number of thiazole rings is 1. The van der Waals surface area contributed by atoms with Crippen molar-refractivity contribution in [3.63, 3.8) is 0 Å². The average Bonchev–Trinajstić information content (AvgIpc) is 3.33. The van der Waals surface area contributed by atoms with E-state index in [1.165, 1.54) is 31.2 Å². The molecule has 0 fully saturated rings. The van der Waals surface area contributed by atoms with E-state index in [4.69, 9.17) is 9.47 Å². The number of aryl methyl sites for hydroxylation is 1. The van der Waals surface area contributed by atoms with Gasteiger partial charge in [0.15, 0.2) is 16.4 Å². The summed E-state index contributed by atoms with van der Waals surface area (Å²) in [5.41, 5.74) is -1.03. The number of carbonyl (C=O) groups is 1. The van der Waals surface area contributed by atoms with Gasteiger partial charge in [-0.1, -0.05) is 11.3 Å². The number of alkyl halides is 3. The fraction of sp³-hybridized carbons (Fsp3) is 0.312. The van der Waals surface area contributed by atoms with E-state index in [1.807, 2.05) is 0 Å². The summed E-state index contributed by atoms with van der Waals surface area (Å²) < 4.78 is 52.0. The molecular formula is C16H15F3N6O3S. The van der Waals surface area contributed by atoms with Crippen molar-refractivity contribution in [1.82, 2.24) is 24.7 Å². The van der Waals surface area contributed by atoms with Gasteiger partial charge in [0.05, 0.1) is 24.8 Å². The monoisotopic (exact) mass is 428 g/mol. The van der Waals surface area contributed by atoms with Crippen molar-refractivity contribution in [2.75, 3.05) is 19.5 Å². The quantitative estimate of drug-likeness (QED) is 0.643. The van der Waals surface area contributed by atoms with Crippen molar-refractivity contribution in [2.45, 2.75) is 19.6 Å². The zero-order chi connectivity index (χ0) is 21.2. The molecule has 1 amide bonds. The van der Waals surface area contributed by atoms with Gasteiger partial charge in [0.25, 0.3) is 5.91 Å². The number of anilines is 1. The van der Waals surface area contributed by atoms with Gasteiger partial charge in [-0.3, -0.25) is 14.8 Å². The van der Waals surface area contributed by atoms with Crippen molar-refractivity contribution in [2.24, 2.45) is 0 Å². The third-order valence-corrected chi connectivity index (χ3v) is 4.75. The third-order valence-electron chi connectivity index (χ3n) is 3.76. The van der Waals surface area contributed by atoms with Crippen LogP contribution >= 0.6 is 11.3 Å². The highest BCUT2D eigenvalue weighted by atomic mass is 32.1. The maximum Gasteiger partial charge on any atom is 0.434 e. The molecule has 0 bridgehead atoms. The first-order chi connectivity index (χ1) is 13.8. The first-order valence-corrected chi connectivity index (χ1v) is 8.96. The van der Waals surface area contributed by atoms with Gasteiger partial charge in [-0.25, -0.2) is 15.0 Å². The Balaban J connectivity index is 2.02. The van der Waals surface area contributed by atoms with Crippen molar-refractivity contribution in [3.05, 3.63) is 29.8 Å². The molecular weight excluding hydrogens is 413 g/mol. The summed E-state index contributed by atoms with van der Waals surface area (Å²) in [5.74, 6) is -1.00. The Morgan fingerprint density at radius 2 is 1.90 bits per heavy atom. The maximum atomic E-state index is 13.5. The van der Waals surface area contributed by atoms with Crippen LogP contribution in [0.15, 0.2) is 18.6 Å². The van der Waals surface area contributed by atoms with Crippen molar-refractivity contribution in [1.29, 1.82) is 0 Å². The average molecular weight is 428 g/mol. The highest BCUT2D eigenvalue weighted by molar-refractivity contribution is 7.19. The smallest absolute Gasteiger partial charge is 0.434 e. The number of hydrogen-bond donors (Lipinski definition) is 1. The molecule has 29 heavy (non-hydrogen) atoms. The minimum absolute atomic E-state index is 0.0915. The molecule has 1 N–H and O–H groups in total. The number of hydrogen-bond acceptors (Lipinski definition) is 8. The fourth-order valence-corrected chi connectivity index (χ4v) is 3.54. The van der Waals surface area contributed by atoms with E-state index < -0.39 is 17.8 Å². The Kier molecular flexibility index (Phi) is 5.68. The molecule has 0 aliphatic rings. The van der Waals surface area contributed by atoms with Gasteiger partial charge in [0.2, 0.25) is 11.8 Å². The Hall–Kier alpha value is -3.22. The molecule has 9 nitrogen and oxygen atoms in total. The first kappa shape index (κ1) is 20.5. The van der Waals surface area contributed by atoms with Crippen LogP contribution in [0.4, 0.5) is 18.3 Å². The topological polar surface area (TPSA) is 104 Å². The lowest BCUT2D eigenvalue weighted by Gasteiger charge is -2.09. The molecule has 0 aromatic carbocycles. The lowest BCUT2D eigenvalue weighted by molar-refractivity contribution is -0.140. The van der Waals surface area contributed by atoms with Crippen LogP contribution in [0.2, 0.25) is 0 Å². The third kappa shape index (κ3) is 3.99. The maximum absolute atomic E-state index is 13.5. The van der Waals surface area contributed by atoms with Crippen molar-refractivity contribution < 1.29 is 27.4 Å². The Morgan fingerprint density at radius 1 is 1.24 bits per heavy atom. The zero-order valence-electron chi connectivity index (χ0n) is 15.4. The molecule has 0 unspecified atom stereocenters. The molecule has 154 valence electrons. The van der Waals surface area contributed by atoms with E-state index in [0.717, 1.165) is 6.33 Å². The SMILES string of the molecule is CCn1nccc1-c1sc(NC(=O)c2c(OC)ncnc2OC)nc1C(F)(F)F. The Bertz CT molecular complexity index is 1010. The summed E-state index contributed by atoms with van der Waals surface area (Å²) in [6.45, 7) is 2.12. The van der Waals surface area contributed by atoms with Crippen LogP contribution in [0.25, 0.3) is 10.6 Å². The van der Waals surface area contributed by atoms with Crippen LogP contribution in [-0.2, 0) is 12.7 Å². The van der Waals surface area contributed by atoms with E-state index in [2.05, 4.69) is 25.4 Å². The summed E-state index contributed by atoms with van der Waals surface area (Å²) in [4.78, 5) is 23.7. The van der Waals surface area contributed by atoms with E-state index in [9.17, 15) is 18.0 Å². The lowest BCUT2D eigenvalue weighted by atomic mass is 10.2. The molecule has 0 aliphatic carbocycles. The van der Waals surface area contributed by atoms with Crippen LogP contribution in [-0.4, -0.2) is 44.9 Å². The number of amides is 1. The van der Waals surface area contributed by atoms with Gasteiger partial charge in [-0.05, 0) is 13.0 Å². The number of rotatable bonds is 6. The molecule has 0 radical (unpaired) electrons. The lowest BCUT2D eigenvalue weighted by Crippen LogP contribution is -2.16. The molecule has 0 saturated carbocycles. The molecule has 3 heterocycles. The van der Waals surface area contributed by atoms with Crippen LogP contribution in [0.1, 0.15) is 23.0 Å². The second-order valence-corrected chi connectivity index (χ2v) is 6.45. The van der Waals surface area contributed by atoms with Gasteiger partial charge >= 0.3 is 6.18 Å². The molecule has 3 aromatic heterocycles. The largest absolute Gasteiger partial charge is 0.480 e. The second kappa shape index (κ2) is 8.03. The highest BCUT2D eigenvalue weighted by Gasteiger charge is 2.39. The van der Waals surface area contributed by atoms with Gasteiger partial charge < -0.3 is 9.47 Å². The zero-order valence-corrected chi connectivity index (χ0v) is 16.3. The first-order valence-electron chi connectivity index (χ1n) is 8.14.